The fourth-order valence-electron chi connectivity index (χ4n) is 4.41. The zero-order valence-electron chi connectivity index (χ0n) is 18.6. The fraction of sp³-hybridized carbons (Fsp3) is 0.304. The first-order chi connectivity index (χ1) is 16.9. The van der Waals surface area contributed by atoms with E-state index in [4.69, 9.17) is 23.2 Å². The van der Waals surface area contributed by atoms with Gasteiger partial charge < -0.3 is 9.88 Å². The molecule has 2 N–H and O–H groups in total. The summed E-state index contributed by atoms with van der Waals surface area (Å²) in [5.74, 6) is -0.919. The number of carbonyl (C=O) groups is 1. The van der Waals surface area contributed by atoms with E-state index in [2.05, 4.69) is 25.3 Å². The van der Waals surface area contributed by atoms with Crippen LogP contribution < -0.4 is 5.56 Å². The topological polar surface area (TPSA) is 102 Å². The van der Waals surface area contributed by atoms with Crippen LogP contribution in [0.4, 0.5) is 4.39 Å². The van der Waals surface area contributed by atoms with Crippen LogP contribution in [0, 0.1) is 5.82 Å². The average molecular weight is 518 g/mol. The molecule has 1 aromatic carbocycles. The van der Waals surface area contributed by atoms with E-state index < -0.39 is 5.82 Å². The summed E-state index contributed by atoms with van der Waals surface area (Å²) < 4.78 is 16.3. The third-order valence-electron chi connectivity index (χ3n) is 6.16. The number of amides is 1. The average Bonchev–Trinajstić information content (AvgIpc) is 3.39. The first-order valence-corrected chi connectivity index (χ1v) is 11.9. The monoisotopic (exact) mass is 517 g/mol. The van der Waals surface area contributed by atoms with E-state index >= 15 is 0 Å². The molecule has 0 spiro atoms. The minimum Gasteiger partial charge on any atom is -0.337 e. The molecule has 5 rings (SSSR count). The molecule has 0 unspecified atom stereocenters. The Bertz CT molecular complexity index is 1430. The molecule has 9 nitrogen and oxygen atoms in total. The summed E-state index contributed by atoms with van der Waals surface area (Å²) >= 11 is 12.4. The lowest BCUT2D eigenvalue weighted by Gasteiger charge is -2.22. The van der Waals surface area contributed by atoms with Crippen molar-refractivity contribution in [3.63, 3.8) is 0 Å². The van der Waals surface area contributed by atoms with Crippen LogP contribution >= 0.6 is 23.2 Å². The van der Waals surface area contributed by atoms with Crippen LogP contribution in [0.1, 0.15) is 33.7 Å². The number of hydrogen-bond acceptors (Lipinski definition) is 5. The lowest BCUT2D eigenvalue weighted by Crippen LogP contribution is -2.35. The van der Waals surface area contributed by atoms with Gasteiger partial charge in [0, 0.05) is 57.2 Å². The van der Waals surface area contributed by atoms with Gasteiger partial charge in [-0.1, -0.05) is 34.5 Å². The Morgan fingerprint density at radius 3 is 2.77 bits per heavy atom. The molecule has 1 amide bonds. The number of H-pyrrole nitrogens is 2. The maximum Gasteiger partial charge on any atom is 0.272 e. The Balaban J connectivity index is 1.35. The number of nitrogens with one attached hydrogen (secondary N) is 2. The van der Waals surface area contributed by atoms with E-state index in [9.17, 15) is 14.0 Å². The zero-order chi connectivity index (χ0) is 24.5. The number of benzene rings is 1. The zero-order valence-corrected chi connectivity index (χ0v) is 20.1. The van der Waals surface area contributed by atoms with E-state index in [1.165, 1.54) is 12.1 Å². The van der Waals surface area contributed by atoms with Gasteiger partial charge in [0.05, 0.1) is 16.3 Å². The summed E-state index contributed by atoms with van der Waals surface area (Å²) in [4.78, 5) is 32.0. The maximum atomic E-state index is 14.7. The third kappa shape index (κ3) is 4.82. The first kappa shape index (κ1) is 23.5. The summed E-state index contributed by atoms with van der Waals surface area (Å²) in [6, 6.07) is 5.97. The Morgan fingerprint density at radius 2 is 1.97 bits per heavy atom. The molecule has 182 valence electrons. The number of halogens is 3. The highest BCUT2D eigenvalue weighted by Crippen LogP contribution is 2.27. The van der Waals surface area contributed by atoms with E-state index in [1.54, 1.807) is 33.8 Å². The highest BCUT2D eigenvalue weighted by molar-refractivity contribution is 6.42. The van der Waals surface area contributed by atoms with Crippen molar-refractivity contribution in [1.29, 1.82) is 0 Å². The molecule has 0 aliphatic carbocycles. The second-order valence-electron chi connectivity index (χ2n) is 8.49. The highest BCUT2D eigenvalue weighted by atomic mass is 35.5. The summed E-state index contributed by atoms with van der Waals surface area (Å²) in [6.07, 6.45) is 4.37. The van der Waals surface area contributed by atoms with Crippen LogP contribution in [-0.4, -0.2) is 66.7 Å². The molecule has 1 saturated heterocycles. The Labute approximate surface area is 209 Å². The molecule has 3 aromatic heterocycles. The minimum absolute atomic E-state index is 0.0183. The quantitative estimate of drug-likeness (QED) is 0.423. The number of nitrogens with zero attached hydrogens (tertiary/aromatic N) is 5. The predicted molar refractivity (Wildman–Crippen MR) is 129 cm³/mol. The van der Waals surface area contributed by atoms with Crippen LogP contribution in [0.15, 0.2) is 41.5 Å². The molecule has 0 saturated carbocycles. The lowest BCUT2D eigenvalue weighted by atomic mass is 10.0. The number of hydrogen-bond donors (Lipinski definition) is 2. The number of aromatic nitrogens is 5. The van der Waals surface area contributed by atoms with E-state index in [0.717, 1.165) is 18.7 Å². The van der Waals surface area contributed by atoms with Crippen molar-refractivity contribution >= 4 is 34.6 Å². The van der Waals surface area contributed by atoms with Gasteiger partial charge in [0.15, 0.2) is 0 Å². The van der Waals surface area contributed by atoms with Crippen molar-refractivity contribution in [2.45, 2.75) is 19.4 Å². The predicted octanol–water partition coefficient (Wildman–Crippen LogP) is 3.13. The third-order valence-corrected chi connectivity index (χ3v) is 6.92. The maximum absolute atomic E-state index is 14.7. The molecule has 12 heteroatoms. The molecular formula is C23H22Cl2FN7O2. The molecule has 4 heterocycles. The van der Waals surface area contributed by atoms with Gasteiger partial charge in [0.1, 0.15) is 16.5 Å². The molecule has 35 heavy (non-hydrogen) atoms. The van der Waals surface area contributed by atoms with Crippen LogP contribution in [0.25, 0.3) is 5.52 Å². The van der Waals surface area contributed by atoms with Crippen molar-refractivity contribution < 1.29 is 9.18 Å². The van der Waals surface area contributed by atoms with Gasteiger partial charge in [-0.05, 0) is 30.2 Å². The molecule has 1 aliphatic rings. The number of fused-ring (bicyclic) bond motifs is 1. The largest absolute Gasteiger partial charge is 0.337 e. The molecular weight excluding hydrogens is 496 g/mol. The number of aromatic amines is 2. The summed E-state index contributed by atoms with van der Waals surface area (Å²) in [5, 5.41) is 10.9. The first-order valence-electron chi connectivity index (χ1n) is 11.1. The second kappa shape index (κ2) is 9.80. The highest BCUT2D eigenvalue weighted by Gasteiger charge is 2.23. The fourth-order valence-corrected chi connectivity index (χ4v) is 4.85. The Hall–Kier alpha value is -3.21. The van der Waals surface area contributed by atoms with Crippen LogP contribution in [0.2, 0.25) is 10.2 Å². The summed E-state index contributed by atoms with van der Waals surface area (Å²) in [5.41, 5.74) is 2.20. The van der Waals surface area contributed by atoms with Crippen molar-refractivity contribution in [2.75, 3.05) is 26.2 Å². The van der Waals surface area contributed by atoms with E-state index in [0.29, 0.717) is 49.4 Å². The van der Waals surface area contributed by atoms with Crippen molar-refractivity contribution in [3.05, 3.63) is 85.5 Å². The van der Waals surface area contributed by atoms with Gasteiger partial charge in [-0.3, -0.25) is 24.0 Å². The SMILES string of the molecule is O=C(c1cc(Cc2c[nH]c(=O)c3cc(Cl)c(Cl)n23)ccc1F)N1CCCN(Cc2c[nH]nn2)CC1. The van der Waals surface area contributed by atoms with Crippen LogP contribution in [0.5, 0.6) is 0 Å². The van der Waals surface area contributed by atoms with E-state index in [1.807, 2.05) is 0 Å². The van der Waals surface area contributed by atoms with E-state index in [-0.39, 0.29) is 27.2 Å². The molecule has 0 radical (unpaired) electrons. The molecule has 1 fully saturated rings. The standard InChI is InChI=1S/C23H22Cl2FN7O2/c24-18-10-20-22(34)27-12-16(33(20)21(18)25)8-14-2-3-19(26)17(9-14)23(35)32-5-1-4-31(6-7-32)13-15-11-28-30-29-15/h2-3,9-12H,1,4-8,13H2,(H,27,34)(H,28,29,30). The molecule has 0 bridgehead atoms. The minimum atomic E-state index is -0.573. The van der Waals surface area contributed by atoms with Crippen molar-refractivity contribution in [2.24, 2.45) is 0 Å². The molecule has 4 aromatic rings. The van der Waals surface area contributed by atoms with Gasteiger partial charge in [-0.15, -0.1) is 5.10 Å². The van der Waals surface area contributed by atoms with Crippen molar-refractivity contribution in [3.8, 4) is 0 Å². The normalized spacial score (nSPS) is 15.0. The van der Waals surface area contributed by atoms with Gasteiger partial charge in [-0.25, -0.2) is 4.39 Å². The summed E-state index contributed by atoms with van der Waals surface area (Å²) in [6.45, 7) is 3.12. The van der Waals surface area contributed by atoms with Crippen molar-refractivity contribution in [1.82, 2.24) is 34.6 Å². The lowest BCUT2D eigenvalue weighted by molar-refractivity contribution is 0.0756. The van der Waals surface area contributed by atoms with Gasteiger partial charge >= 0.3 is 0 Å². The van der Waals surface area contributed by atoms with Gasteiger partial charge in [0.2, 0.25) is 0 Å². The number of rotatable bonds is 5. The number of carbonyl (C=O) groups excluding carboxylic acids is 1. The second-order valence-corrected chi connectivity index (χ2v) is 9.26. The molecule has 0 atom stereocenters. The summed E-state index contributed by atoms with van der Waals surface area (Å²) in [7, 11) is 0. The Kier molecular flexibility index (Phi) is 6.59. The van der Waals surface area contributed by atoms with Crippen LogP contribution in [-0.2, 0) is 13.0 Å². The van der Waals surface area contributed by atoms with Crippen LogP contribution in [0.3, 0.4) is 0 Å². The van der Waals surface area contributed by atoms with Gasteiger partial charge in [0.25, 0.3) is 11.5 Å². The smallest absolute Gasteiger partial charge is 0.272 e. The molecule has 1 aliphatic heterocycles. The Morgan fingerprint density at radius 1 is 1.11 bits per heavy atom. The van der Waals surface area contributed by atoms with Gasteiger partial charge in [-0.2, -0.15) is 0 Å².